The molecule has 1 aliphatic rings. The maximum atomic E-state index is 12.0. The highest BCUT2D eigenvalue weighted by Crippen LogP contribution is 2.14. The molecule has 132 valence electrons. The lowest BCUT2D eigenvalue weighted by atomic mass is 10.2. The molecule has 7 heteroatoms. The smallest absolute Gasteiger partial charge is 0.239 e. The van der Waals surface area contributed by atoms with Crippen LogP contribution < -0.4 is 15.5 Å². The number of morpholine rings is 1. The number of anilines is 1. The minimum atomic E-state index is -0.215. The SMILES string of the molecule is CCN(CCNC(=O)C1COCCN1)c1cccc(C)c1.Cl.Cl. The molecule has 0 saturated carbocycles. The molecule has 1 atom stereocenters. The number of aryl methyl sites for hydroxylation is 1. The van der Waals surface area contributed by atoms with E-state index < -0.39 is 0 Å². The Labute approximate surface area is 151 Å². The standard InChI is InChI=1S/C16H25N3O2.2ClH/c1-3-19(14-6-4-5-13(2)11-14)9-7-18-16(20)15-12-21-10-8-17-15;;/h4-6,11,15,17H,3,7-10,12H2,1-2H3,(H,18,20);2*1H. The van der Waals surface area contributed by atoms with Crippen LogP contribution in [0.3, 0.4) is 0 Å². The molecule has 1 aliphatic heterocycles. The van der Waals surface area contributed by atoms with E-state index in [4.69, 9.17) is 4.74 Å². The van der Waals surface area contributed by atoms with E-state index in [9.17, 15) is 4.79 Å². The fourth-order valence-electron chi connectivity index (χ4n) is 2.47. The average molecular weight is 364 g/mol. The molecular formula is C16H27Cl2N3O2. The van der Waals surface area contributed by atoms with Crippen LogP contribution in [0.2, 0.25) is 0 Å². The van der Waals surface area contributed by atoms with E-state index in [1.165, 1.54) is 11.3 Å². The highest BCUT2D eigenvalue weighted by molar-refractivity contribution is 5.85. The largest absolute Gasteiger partial charge is 0.378 e. The molecule has 1 aromatic carbocycles. The third kappa shape index (κ3) is 6.96. The second-order valence-corrected chi connectivity index (χ2v) is 5.29. The van der Waals surface area contributed by atoms with Crippen molar-refractivity contribution in [1.29, 1.82) is 0 Å². The van der Waals surface area contributed by atoms with Crippen molar-refractivity contribution in [3.63, 3.8) is 0 Å². The van der Waals surface area contributed by atoms with Crippen molar-refractivity contribution in [2.45, 2.75) is 19.9 Å². The molecule has 1 saturated heterocycles. The number of hydrogen-bond donors (Lipinski definition) is 2. The molecule has 5 nitrogen and oxygen atoms in total. The first-order chi connectivity index (χ1) is 10.2. The Balaban J connectivity index is 0.00000242. The minimum Gasteiger partial charge on any atom is -0.378 e. The number of rotatable bonds is 6. The molecule has 0 aliphatic carbocycles. The molecule has 0 radical (unpaired) electrons. The van der Waals surface area contributed by atoms with E-state index in [1.807, 2.05) is 0 Å². The number of halogens is 2. The van der Waals surface area contributed by atoms with E-state index in [2.05, 4.69) is 53.6 Å². The Bertz CT molecular complexity index is 468. The normalized spacial score (nSPS) is 16.7. The van der Waals surface area contributed by atoms with Gasteiger partial charge in [-0.25, -0.2) is 0 Å². The van der Waals surface area contributed by atoms with Crippen molar-refractivity contribution in [3.8, 4) is 0 Å². The number of carbonyl (C=O) groups is 1. The molecule has 23 heavy (non-hydrogen) atoms. The summed E-state index contributed by atoms with van der Waals surface area (Å²) in [6, 6.07) is 8.22. The fourth-order valence-corrected chi connectivity index (χ4v) is 2.47. The first kappa shape index (κ1) is 22.0. The first-order valence-electron chi connectivity index (χ1n) is 7.61. The van der Waals surface area contributed by atoms with Crippen molar-refractivity contribution in [3.05, 3.63) is 29.8 Å². The van der Waals surface area contributed by atoms with Gasteiger partial charge in [-0.2, -0.15) is 0 Å². The summed E-state index contributed by atoms with van der Waals surface area (Å²) in [4.78, 5) is 14.2. The number of ether oxygens (including phenoxy) is 1. The second kappa shape index (κ2) is 11.5. The van der Waals surface area contributed by atoms with Crippen LogP contribution in [-0.4, -0.2) is 51.3 Å². The molecule has 0 spiro atoms. The van der Waals surface area contributed by atoms with Gasteiger partial charge in [0.25, 0.3) is 0 Å². The van der Waals surface area contributed by atoms with Gasteiger partial charge in [0.15, 0.2) is 0 Å². The zero-order chi connectivity index (χ0) is 15.1. The Hall–Kier alpha value is -1.01. The number of carbonyl (C=O) groups excluding carboxylic acids is 1. The molecule has 1 fully saturated rings. The maximum Gasteiger partial charge on any atom is 0.239 e. The number of benzene rings is 1. The molecule has 1 heterocycles. The molecule has 0 bridgehead atoms. The number of likely N-dealkylation sites (N-methyl/N-ethyl adjacent to an activating group) is 1. The fraction of sp³-hybridized carbons (Fsp3) is 0.562. The van der Waals surface area contributed by atoms with Crippen molar-refractivity contribution in [2.24, 2.45) is 0 Å². The van der Waals surface area contributed by atoms with Gasteiger partial charge in [0, 0.05) is 31.9 Å². The van der Waals surface area contributed by atoms with Gasteiger partial charge in [-0.1, -0.05) is 12.1 Å². The monoisotopic (exact) mass is 363 g/mol. The van der Waals surface area contributed by atoms with E-state index >= 15 is 0 Å². The Morgan fingerprint density at radius 3 is 2.83 bits per heavy atom. The van der Waals surface area contributed by atoms with Crippen LogP contribution in [0.4, 0.5) is 5.69 Å². The van der Waals surface area contributed by atoms with Gasteiger partial charge in [0.2, 0.25) is 5.91 Å². The molecule has 2 N–H and O–H groups in total. The lowest BCUT2D eigenvalue weighted by Crippen LogP contribution is -2.52. The molecule has 1 unspecified atom stereocenters. The van der Waals surface area contributed by atoms with Crippen molar-refractivity contribution in [2.75, 3.05) is 44.3 Å². The molecular weight excluding hydrogens is 337 g/mol. The highest BCUT2D eigenvalue weighted by Gasteiger charge is 2.20. The summed E-state index contributed by atoms with van der Waals surface area (Å²) in [5, 5.41) is 6.14. The number of nitrogens with zero attached hydrogens (tertiary/aromatic N) is 1. The summed E-state index contributed by atoms with van der Waals surface area (Å²) < 4.78 is 5.30. The van der Waals surface area contributed by atoms with E-state index in [0.717, 1.165) is 19.6 Å². The second-order valence-electron chi connectivity index (χ2n) is 5.29. The summed E-state index contributed by atoms with van der Waals surface area (Å²) in [6.07, 6.45) is 0. The van der Waals surface area contributed by atoms with E-state index in [0.29, 0.717) is 19.8 Å². The molecule has 0 aromatic heterocycles. The molecule has 1 amide bonds. The van der Waals surface area contributed by atoms with Gasteiger partial charge in [-0.05, 0) is 31.5 Å². The van der Waals surface area contributed by atoms with E-state index in [-0.39, 0.29) is 36.8 Å². The predicted octanol–water partition coefficient (Wildman–Crippen LogP) is 1.77. The van der Waals surface area contributed by atoms with Gasteiger partial charge >= 0.3 is 0 Å². The third-order valence-corrected chi connectivity index (χ3v) is 3.67. The number of nitrogens with one attached hydrogen (secondary N) is 2. The van der Waals surface area contributed by atoms with Crippen molar-refractivity contribution >= 4 is 36.4 Å². The van der Waals surface area contributed by atoms with Gasteiger partial charge in [-0.15, -0.1) is 24.8 Å². The summed E-state index contributed by atoms with van der Waals surface area (Å²) in [5.41, 5.74) is 2.45. The maximum absolute atomic E-state index is 12.0. The number of amides is 1. The van der Waals surface area contributed by atoms with Crippen LogP contribution in [0.5, 0.6) is 0 Å². The zero-order valence-electron chi connectivity index (χ0n) is 13.7. The summed E-state index contributed by atoms with van der Waals surface area (Å²) in [6.45, 7) is 8.46. The lowest BCUT2D eigenvalue weighted by Gasteiger charge is -2.26. The van der Waals surface area contributed by atoms with E-state index in [1.54, 1.807) is 0 Å². The van der Waals surface area contributed by atoms with Crippen molar-refractivity contribution in [1.82, 2.24) is 10.6 Å². The van der Waals surface area contributed by atoms with Crippen LogP contribution in [0.15, 0.2) is 24.3 Å². The molecule has 2 rings (SSSR count). The summed E-state index contributed by atoms with van der Waals surface area (Å²) >= 11 is 0. The van der Waals surface area contributed by atoms with Gasteiger partial charge < -0.3 is 20.3 Å². The van der Waals surface area contributed by atoms with Gasteiger partial charge in [0.1, 0.15) is 6.04 Å². The molecule has 1 aromatic rings. The number of hydrogen-bond acceptors (Lipinski definition) is 4. The van der Waals surface area contributed by atoms with Crippen molar-refractivity contribution < 1.29 is 9.53 Å². The van der Waals surface area contributed by atoms with Gasteiger partial charge in [-0.3, -0.25) is 4.79 Å². The Morgan fingerprint density at radius 2 is 2.22 bits per heavy atom. The minimum absolute atomic E-state index is 0. The quantitative estimate of drug-likeness (QED) is 0.808. The first-order valence-corrected chi connectivity index (χ1v) is 7.61. The van der Waals surface area contributed by atoms with Crippen LogP contribution in [0.1, 0.15) is 12.5 Å². The van der Waals surface area contributed by atoms with Crippen LogP contribution in [-0.2, 0) is 9.53 Å². The predicted molar refractivity (Wildman–Crippen MR) is 99.2 cm³/mol. The van der Waals surface area contributed by atoms with Crippen LogP contribution >= 0.6 is 24.8 Å². The van der Waals surface area contributed by atoms with Crippen LogP contribution in [0, 0.1) is 6.92 Å². The Morgan fingerprint density at radius 1 is 1.43 bits per heavy atom. The average Bonchev–Trinajstić information content (AvgIpc) is 2.52. The third-order valence-electron chi connectivity index (χ3n) is 3.67. The summed E-state index contributed by atoms with van der Waals surface area (Å²) in [7, 11) is 0. The lowest BCUT2D eigenvalue weighted by molar-refractivity contribution is -0.125. The Kier molecular flexibility index (Phi) is 11.0. The highest BCUT2D eigenvalue weighted by atomic mass is 35.5. The van der Waals surface area contributed by atoms with Gasteiger partial charge in [0.05, 0.1) is 13.2 Å². The zero-order valence-corrected chi connectivity index (χ0v) is 15.3. The topological polar surface area (TPSA) is 53.6 Å². The summed E-state index contributed by atoms with van der Waals surface area (Å²) in [5.74, 6) is 0.0231. The van der Waals surface area contributed by atoms with Crippen LogP contribution in [0.25, 0.3) is 0 Å².